The molecule has 0 aliphatic rings. The van der Waals surface area contributed by atoms with E-state index in [1.807, 2.05) is 13.8 Å². The van der Waals surface area contributed by atoms with E-state index in [0.717, 1.165) is 5.56 Å². The van der Waals surface area contributed by atoms with E-state index in [1.54, 1.807) is 13.0 Å². The minimum atomic E-state index is -0.586. The summed E-state index contributed by atoms with van der Waals surface area (Å²) in [6.45, 7) is 5.56. The van der Waals surface area contributed by atoms with Gasteiger partial charge in [-0.3, -0.25) is 4.79 Å². The van der Waals surface area contributed by atoms with Gasteiger partial charge < -0.3 is 5.73 Å². The molecule has 0 saturated carbocycles. The zero-order valence-electron chi connectivity index (χ0n) is 8.60. The largest absolute Gasteiger partial charge is 0.366 e. The van der Waals surface area contributed by atoms with E-state index in [0.29, 0.717) is 5.56 Å². The van der Waals surface area contributed by atoms with Gasteiger partial charge in [-0.2, -0.15) is 0 Å². The molecule has 0 aliphatic carbocycles. The summed E-state index contributed by atoms with van der Waals surface area (Å²) in [4.78, 5) is 10.9. The van der Waals surface area contributed by atoms with Gasteiger partial charge in [-0.1, -0.05) is 19.9 Å². The van der Waals surface area contributed by atoms with Crippen LogP contribution in [-0.2, 0) is 0 Å². The molecule has 0 atom stereocenters. The Balaban J connectivity index is 3.31. The first kappa shape index (κ1) is 10.7. The first-order valence-electron chi connectivity index (χ1n) is 4.53. The Morgan fingerprint density at radius 2 is 2.00 bits per heavy atom. The van der Waals surface area contributed by atoms with Crippen LogP contribution in [0.4, 0.5) is 4.39 Å². The predicted octanol–water partition coefficient (Wildman–Crippen LogP) is 2.36. The summed E-state index contributed by atoms with van der Waals surface area (Å²) in [5.74, 6) is -0.841. The van der Waals surface area contributed by atoms with Gasteiger partial charge >= 0.3 is 0 Å². The average molecular weight is 195 g/mol. The number of aryl methyl sites for hydroxylation is 1. The molecule has 0 unspecified atom stereocenters. The lowest BCUT2D eigenvalue weighted by molar-refractivity contribution is 0.0999. The fraction of sp³-hybridized carbons (Fsp3) is 0.364. The molecular weight excluding hydrogens is 181 g/mol. The van der Waals surface area contributed by atoms with Crippen LogP contribution in [0.15, 0.2) is 12.1 Å². The fourth-order valence-electron chi connectivity index (χ4n) is 1.41. The normalized spacial score (nSPS) is 10.6. The van der Waals surface area contributed by atoms with Gasteiger partial charge in [0.15, 0.2) is 0 Å². The zero-order valence-corrected chi connectivity index (χ0v) is 8.60. The molecule has 1 aromatic carbocycles. The second-order valence-electron chi connectivity index (χ2n) is 3.71. The minimum Gasteiger partial charge on any atom is -0.366 e. The van der Waals surface area contributed by atoms with E-state index in [2.05, 4.69) is 0 Å². The Bertz CT molecular complexity index is 372. The number of primary amides is 1. The van der Waals surface area contributed by atoms with Crippen molar-refractivity contribution in [2.24, 2.45) is 5.73 Å². The maximum atomic E-state index is 13.4. The Hall–Kier alpha value is -1.38. The second-order valence-corrected chi connectivity index (χ2v) is 3.71. The quantitative estimate of drug-likeness (QED) is 0.773. The van der Waals surface area contributed by atoms with E-state index in [9.17, 15) is 9.18 Å². The smallest absolute Gasteiger partial charge is 0.249 e. The molecule has 0 radical (unpaired) electrons. The molecule has 14 heavy (non-hydrogen) atoms. The highest BCUT2D eigenvalue weighted by Gasteiger charge is 2.12. The van der Waals surface area contributed by atoms with Crippen LogP contribution in [0.3, 0.4) is 0 Å². The van der Waals surface area contributed by atoms with Gasteiger partial charge in [0.2, 0.25) is 5.91 Å². The highest BCUT2D eigenvalue weighted by Crippen LogP contribution is 2.22. The molecule has 0 bridgehead atoms. The molecule has 0 fully saturated rings. The van der Waals surface area contributed by atoms with Crippen LogP contribution in [0.2, 0.25) is 0 Å². The molecule has 76 valence electrons. The molecule has 0 saturated heterocycles. The van der Waals surface area contributed by atoms with Gasteiger partial charge in [0.25, 0.3) is 0 Å². The highest BCUT2D eigenvalue weighted by atomic mass is 19.1. The molecule has 1 amide bonds. The third-order valence-electron chi connectivity index (χ3n) is 2.23. The number of carbonyl (C=O) groups is 1. The van der Waals surface area contributed by atoms with E-state index in [1.165, 1.54) is 6.07 Å². The standard InChI is InChI=1S/C11H14FNO/c1-6(2)8-4-7(3)9(11(13)14)5-10(8)12/h4-6H,1-3H3,(H2,13,14). The lowest BCUT2D eigenvalue weighted by atomic mass is 9.97. The molecule has 0 heterocycles. The molecule has 0 aromatic heterocycles. The number of amides is 1. The molecule has 0 spiro atoms. The van der Waals surface area contributed by atoms with E-state index in [4.69, 9.17) is 5.73 Å². The van der Waals surface area contributed by atoms with Crippen molar-refractivity contribution in [3.8, 4) is 0 Å². The number of carbonyl (C=O) groups excluding carboxylic acids is 1. The van der Waals surface area contributed by atoms with Crippen LogP contribution in [0.25, 0.3) is 0 Å². The Kier molecular flexibility index (Phi) is 2.89. The summed E-state index contributed by atoms with van der Waals surface area (Å²) in [6, 6.07) is 2.90. The van der Waals surface area contributed by atoms with Crippen molar-refractivity contribution in [1.82, 2.24) is 0 Å². The summed E-state index contributed by atoms with van der Waals surface area (Å²) >= 11 is 0. The molecule has 2 N–H and O–H groups in total. The summed E-state index contributed by atoms with van der Waals surface area (Å²) in [6.07, 6.45) is 0. The summed E-state index contributed by atoms with van der Waals surface area (Å²) in [5.41, 5.74) is 6.70. The van der Waals surface area contributed by atoms with Gasteiger partial charge in [-0.05, 0) is 30.0 Å². The molecule has 0 aliphatic heterocycles. The van der Waals surface area contributed by atoms with Gasteiger partial charge in [0.05, 0.1) is 0 Å². The van der Waals surface area contributed by atoms with Crippen molar-refractivity contribution >= 4 is 5.91 Å². The Morgan fingerprint density at radius 1 is 1.43 bits per heavy atom. The first-order valence-corrected chi connectivity index (χ1v) is 4.53. The van der Waals surface area contributed by atoms with Crippen LogP contribution in [0.5, 0.6) is 0 Å². The number of hydrogen-bond acceptors (Lipinski definition) is 1. The van der Waals surface area contributed by atoms with Crippen LogP contribution < -0.4 is 5.73 Å². The van der Waals surface area contributed by atoms with Crippen molar-refractivity contribution < 1.29 is 9.18 Å². The van der Waals surface area contributed by atoms with Gasteiger partial charge in [-0.15, -0.1) is 0 Å². The summed E-state index contributed by atoms with van der Waals surface area (Å²) in [7, 11) is 0. The van der Waals surface area contributed by atoms with E-state index < -0.39 is 5.91 Å². The Labute approximate surface area is 82.9 Å². The van der Waals surface area contributed by atoms with Crippen LogP contribution in [0, 0.1) is 12.7 Å². The maximum absolute atomic E-state index is 13.4. The minimum absolute atomic E-state index is 0.107. The highest BCUT2D eigenvalue weighted by molar-refractivity contribution is 5.94. The van der Waals surface area contributed by atoms with E-state index >= 15 is 0 Å². The van der Waals surface area contributed by atoms with Crippen molar-refractivity contribution in [3.05, 3.63) is 34.6 Å². The predicted molar refractivity (Wildman–Crippen MR) is 53.7 cm³/mol. The summed E-state index contributed by atoms with van der Waals surface area (Å²) < 4.78 is 13.4. The van der Waals surface area contributed by atoms with E-state index in [-0.39, 0.29) is 17.3 Å². The van der Waals surface area contributed by atoms with Crippen LogP contribution in [0.1, 0.15) is 41.3 Å². The van der Waals surface area contributed by atoms with Crippen molar-refractivity contribution in [3.63, 3.8) is 0 Å². The third kappa shape index (κ3) is 1.92. The summed E-state index contributed by atoms with van der Waals surface area (Å²) in [5, 5.41) is 0. The van der Waals surface area contributed by atoms with Crippen molar-refractivity contribution in [1.29, 1.82) is 0 Å². The molecule has 2 nitrogen and oxygen atoms in total. The lowest BCUT2D eigenvalue weighted by Gasteiger charge is -2.10. The number of rotatable bonds is 2. The molecular formula is C11H14FNO. The number of benzene rings is 1. The average Bonchev–Trinajstić information content (AvgIpc) is 2.07. The van der Waals surface area contributed by atoms with Gasteiger partial charge in [0, 0.05) is 5.56 Å². The zero-order chi connectivity index (χ0) is 10.9. The number of halogens is 1. The van der Waals surface area contributed by atoms with Crippen molar-refractivity contribution in [2.45, 2.75) is 26.7 Å². The van der Waals surface area contributed by atoms with Crippen LogP contribution >= 0.6 is 0 Å². The van der Waals surface area contributed by atoms with Gasteiger partial charge in [0.1, 0.15) is 5.82 Å². The first-order chi connectivity index (χ1) is 6.43. The number of nitrogens with two attached hydrogens (primary N) is 1. The maximum Gasteiger partial charge on any atom is 0.249 e. The van der Waals surface area contributed by atoms with Crippen molar-refractivity contribution in [2.75, 3.05) is 0 Å². The molecule has 3 heteroatoms. The van der Waals surface area contributed by atoms with Gasteiger partial charge in [-0.25, -0.2) is 4.39 Å². The SMILES string of the molecule is Cc1cc(C(C)C)c(F)cc1C(N)=O. The monoisotopic (exact) mass is 195 g/mol. The second kappa shape index (κ2) is 3.78. The lowest BCUT2D eigenvalue weighted by Crippen LogP contribution is -2.13. The fourth-order valence-corrected chi connectivity index (χ4v) is 1.41. The topological polar surface area (TPSA) is 43.1 Å². The van der Waals surface area contributed by atoms with Crippen LogP contribution in [-0.4, -0.2) is 5.91 Å². The third-order valence-corrected chi connectivity index (χ3v) is 2.23. The molecule has 1 aromatic rings. The Morgan fingerprint density at radius 3 is 2.43 bits per heavy atom. The number of hydrogen-bond donors (Lipinski definition) is 1. The molecule has 1 rings (SSSR count).